The van der Waals surface area contributed by atoms with E-state index in [0.717, 1.165) is 5.56 Å². The normalized spacial score (nSPS) is 11.3. The first-order chi connectivity index (χ1) is 8.10. The average Bonchev–Trinajstić information content (AvgIpc) is 2.35. The van der Waals surface area contributed by atoms with Gasteiger partial charge in [-0.05, 0) is 25.5 Å². The highest BCUT2D eigenvalue weighted by molar-refractivity contribution is 5.96. The van der Waals surface area contributed by atoms with E-state index in [1.54, 1.807) is 12.3 Å². The zero-order valence-electron chi connectivity index (χ0n) is 9.92. The lowest BCUT2D eigenvalue weighted by atomic mass is 10.2. The van der Waals surface area contributed by atoms with Crippen LogP contribution in [0.4, 0.5) is 0 Å². The van der Waals surface area contributed by atoms with Crippen molar-refractivity contribution in [1.29, 1.82) is 0 Å². The first kappa shape index (κ1) is 13.0. The molecule has 0 aliphatic carbocycles. The number of hydrogen-bond donors (Lipinski definition) is 2. The molecule has 0 atom stereocenters. The van der Waals surface area contributed by atoms with E-state index >= 15 is 0 Å². The number of pyridine rings is 1. The van der Waals surface area contributed by atoms with Crippen LogP contribution in [0.1, 0.15) is 23.0 Å². The van der Waals surface area contributed by atoms with Crippen molar-refractivity contribution in [2.75, 3.05) is 13.1 Å². The van der Waals surface area contributed by atoms with Crippen molar-refractivity contribution < 1.29 is 10.0 Å². The number of nitrogens with zero attached hydrogens (tertiary/aromatic N) is 3. The minimum absolute atomic E-state index is 0.00576. The van der Waals surface area contributed by atoms with E-state index in [9.17, 15) is 4.79 Å². The molecule has 17 heavy (non-hydrogen) atoms. The molecule has 1 rings (SSSR count). The summed E-state index contributed by atoms with van der Waals surface area (Å²) in [5, 5.41) is 11.4. The van der Waals surface area contributed by atoms with E-state index < -0.39 is 0 Å². The number of amidine groups is 1. The van der Waals surface area contributed by atoms with Crippen LogP contribution < -0.4 is 5.73 Å². The van der Waals surface area contributed by atoms with Gasteiger partial charge in [-0.25, -0.2) is 0 Å². The van der Waals surface area contributed by atoms with Crippen LogP contribution in [-0.2, 0) is 0 Å². The topological polar surface area (TPSA) is 91.8 Å². The second-order valence-electron chi connectivity index (χ2n) is 3.58. The van der Waals surface area contributed by atoms with Crippen LogP contribution in [0.5, 0.6) is 0 Å². The van der Waals surface area contributed by atoms with Gasteiger partial charge in [0.15, 0.2) is 5.84 Å². The third-order valence-electron chi connectivity index (χ3n) is 2.36. The average molecular weight is 236 g/mol. The van der Waals surface area contributed by atoms with E-state index in [4.69, 9.17) is 10.9 Å². The largest absolute Gasteiger partial charge is 0.409 e. The van der Waals surface area contributed by atoms with Gasteiger partial charge in [-0.2, -0.15) is 0 Å². The van der Waals surface area contributed by atoms with Crippen molar-refractivity contribution in [3.63, 3.8) is 0 Å². The number of aryl methyl sites for hydroxylation is 1. The second-order valence-corrected chi connectivity index (χ2v) is 3.58. The number of hydrogen-bond acceptors (Lipinski definition) is 4. The second kappa shape index (κ2) is 5.83. The van der Waals surface area contributed by atoms with Crippen LogP contribution in [0, 0.1) is 6.92 Å². The summed E-state index contributed by atoms with van der Waals surface area (Å²) in [6, 6.07) is 3.59. The van der Waals surface area contributed by atoms with Crippen LogP contribution >= 0.6 is 0 Å². The highest BCUT2D eigenvalue weighted by Crippen LogP contribution is 2.07. The molecule has 0 fully saturated rings. The fourth-order valence-electron chi connectivity index (χ4n) is 1.41. The number of carbonyl (C=O) groups excluding carboxylic acids is 1. The number of amides is 1. The molecule has 3 N–H and O–H groups in total. The molecule has 0 saturated carbocycles. The molecule has 92 valence electrons. The summed E-state index contributed by atoms with van der Waals surface area (Å²) in [7, 11) is 0. The summed E-state index contributed by atoms with van der Waals surface area (Å²) in [6.45, 7) is 4.19. The van der Waals surface area contributed by atoms with Crippen molar-refractivity contribution in [2.45, 2.75) is 13.8 Å². The summed E-state index contributed by atoms with van der Waals surface area (Å²) in [6.07, 6.45) is 1.57. The van der Waals surface area contributed by atoms with Crippen molar-refractivity contribution in [1.82, 2.24) is 9.88 Å². The summed E-state index contributed by atoms with van der Waals surface area (Å²) in [5.41, 5.74) is 6.58. The SMILES string of the molecule is CCN(CC(N)=NO)C(=O)c1ncccc1C. The Kier molecular flexibility index (Phi) is 4.45. The Bertz CT molecular complexity index is 431. The first-order valence-corrected chi connectivity index (χ1v) is 5.27. The van der Waals surface area contributed by atoms with Gasteiger partial charge in [0.1, 0.15) is 5.69 Å². The molecule has 0 aliphatic rings. The van der Waals surface area contributed by atoms with E-state index in [-0.39, 0.29) is 18.3 Å². The molecule has 6 nitrogen and oxygen atoms in total. The lowest BCUT2D eigenvalue weighted by Crippen LogP contribution is -2.39. The van der Waals surface area contributed by atoms with Crippen LogP contribution in [0.3, 0.4) is 0 Å². The zero-order chi connectivity index (χ0) is 12.8. The smallest absolute Gasteiger partial charge is 0.273 e. The van der Waals surface area contributed by atoms with Crippen molar-refractivity contribution in [3.8, 4) is 0 Å². The van der Waals surface area contributed by atoms with Crippen LogP contribution in [0.2, 0.25) is 0 Å². The highest BCUT2D eigenvalue weighted by Gasteiger charge is 2.18. The molecule has 1 aromatic heterocycles. The Morgan fingerprint density at radius 3 is 2.88 bits per heavy atom. The van der Waals surface area contributed by atoms with E-state index in [2.05, 4.69) is 10.1 Å². The molecule has 1 heterocycles. The van der Waals surface area contributed by atoms with E-state index in [0.29, 0.717) is 12.2 Å². The van der Waals surface area contributed by atoms with Gasteiger partial charge in [-0.1, -0.05) is 11.2 Å². The standard InChI is InChI=1S/C11H16N4O2/c1-3-15(7-9(12)14-17)11(16)10-8(2)5-4-6-13-10/h4-6,17H,3,7H2,1-2H3,(H2,12,14). The highest BCUT2D eigenvalue weighted by atomic mass is 16.4. The Hall–Kier alpha value is -2.11. The zero-order valence-corrected chi connectivity index (χ0v) is 9.92. The van der Waals surface area contributed by atoms with E-state index in [1.165, 1.54) is 4.90 Å². The Labute approximate surface area is 99.7 Å². The van der Waals surface area contributed by atoms with Gasteiger partial charge in [0, 0.05) is 12.7 Å². The fourth-order valence-corrected chi connectivity index (χ4v) is 1.41. The molecule has 0 bridgehead atoms. The minimum atomic E-state index is -0.225. The number of oxime groups is 1. The van der Waals surface area contributed by atoms with Gasteiger partial charge in [-0.3, -0.25) is 9.78 Å². The van der Waals surface area contributed by atoms with Crippen LogP contribution in [0.15, 0.2) is 23.5 Å². The quantitative estimate of drug-likeness (QED) is 0.346. The molecule has 0 aliphatic heterocycles. The summed E-state index contributed by atoms with van der Waals surface area (Å²) < 4.78 is 0. The van der Waals surface area contributed by atoms with Crippen LogP contribution in [-0.4, -0.2) is 39.9 Å². The number of carbonyl (C=O) groups is 1. The Morgan fingerprint density at radius 2 is 2.35 bits per heavy atom. The summed E-state index contributed by atoms with van der Waals surface area (Å²) >= 11 is 0. The minimum Gasteiger partial charge on any atom is -0.409 e. The molecule has 0 radical (unpaired) electrons. The van der Waals surface area contributed by atoms with Gasteiger partial charge in [0.2, 0.25) is 0 Å². The predicted molar refractivity (Wildman–Crippen MR) is 64.0 cm³/mol. The fraction of sp³-hybridized carbons (Fsp3) is 0.364. The number of rotatable bonds is 4. The maximum absolute atomic E-state index is 12.1. The van der Waals surface area contributed by atoms with Crippen molar-refractivity contribution >= 4 is 11.7 Å². The lowest BCUT2D eigenvalue weighted by molar-refractivity contribution is 0.0779. The Balaban J connectivity index is 2.91. The van der Waals surface area contributed by atoms with Crippen molar-refractivity contribution in [2.24, 2.45) is 10.9 Å². The number of likely N-dealkylation sites (N-methyl/N-ethyl adjacent to an activating group) is 1. The molecule has 0 saturated heterocycles. The first-order valence-electron chi connectivity index (χ1n) is 5.27. The van der Waals surface area contributed by atoms with E-state index in [1.807, 2.05) is 19.9 Å². The summed E-state index contributed by atoms with van der Waals surface area (Å²) in [5.74, 6) is -0.231. The molecule has 0 unspecified atom stereocenters. The number of nitrogens with two attached hydrogens (primary N) is 1. The van der Waals surface area contributed by atoms with Crippen LogP contribution in [0.25, 0.3) is 0 Å². The maximum atomic E-state index is 12.1. The Morgan fingerprint density at radius 1 is 1.65 bits per heavy atom. The third-order valence-corrected chi connectivity index (χ3v) is 2.36. The molecule has 6 heteroatoms. The maximum Gasteiger partial charge on any atom is 0.273 e. The monoisotopic (exact) mass is 236 g/mol. The molecular formula is C11H16N4O2. The van der Waals surface area contributed by atoms with Gasteiger partial charge in [-0.15, -0.1) is 0 Å². The number of aromatic nitrogens is 1. The predicted octanol–water partition coefficient (Wildman–Crippen LogP) is 0.599. The molecule has 1 aromatic rings. The molecule has 0 aromatic carbocycles. The molecular weight excluding hydrogens is 220 g/mol. The lowest BCUT2D eigenvalue weighted by Gasteiger charge is -2.20. The molecule has 1 amide bonds. The van der Waals surface area contributed by atoms with Gasteiger partial charge in [0.05, 0.1) is 6.54 Å². The van der Waals surface area contributed by atoms with Gasteiger partial charge in [0.25, 0.3) is 5.91 Å². The summed E-state index contributed by atoms with van der Waals surface area (Å²) in [4.78, 5) is 17.6. The molecule has 0 spiro atoms. The van der Waals surface area contributed by atoms with Crippen molar-refractivity contribution in [3.05, 3.63) is 29.6 Å². The van der Waals surface area contributed by atoms with Gasteiger partial charge >= 0.3 is 0 Å². The third kappa shape index (κ3) is 3.17. The van der Waals surface area contributed by atoms with Gasteiger partial charge < -0.3 is 15.8 Å².